The first-order valence-electron chi connectivity index (χ1n) is 7.43. The van der Waals surface area contributed by atoms with E-state index in [9.17, 15) is 4.79 Å². The molecule has 0 N–H and O–H groups in total. The molecule has 0 amide bonds. The number of carbonyl (C=O) groups excluding carboxylic acids is 1. The SMILES string of the molecule is CC.C[C@@H]1C[C@@H](OC(=O)c2ccccc2)c2ncnc(Cl)c21. The van der Waals surface area contributed by atoms with E-state index in [0.29, 0.717) is 17.1 Å². The molecule has 0 fully saturated rings. The van der Waals surface area contributed by atoms with Crippen molar-refractivity contribution >= 4 is 17.6 Å². The zero-order chi connectivity index (χ0) is 16.1. The van der Waals surface area contributed by atoms with Gasteiger partial charge in [-0.05, 0) is 24.5 Å². The molecule has 0 radical (unpaired) electrons. The van der Waals surface area contributed by atoms with Crippen molar-refractivity contribution in [3.8, 4) is 0 Å². The Morgan fingerprint density at radius 3 is 2.59 bits per heavy atom. The minimum absolute atomic E-state index is 0.187. The topological polar surface area (TPSA) is 52.1 Å². The molecule has 22 heavy (non-hydrogen) atoms. The highest BCUT2D eigenvalue weighted by Gasteiger charge is 2.34. The van der Waals surface area contributed by atoms with Crippen molar-refractivity contribution in [1.82, 2.24) is 9.97 Å². The van der Waals surface area contributed by atoms with E-state index in [4.69, 9.17) is 16.3 Å². The number of esters is 1. The third kappa shape index (κ3) is 3.28. The molecule has 116 valence electrons. The second-order valence-corrected chi connectivity index (χ2v) is 5.22. The van der Waals surface area contributed by atoms with Crippen LogP contribution in [0.4, 0.5) is 0 Å². The zero-order valence-corrected chi connectivity index (χ0v) is 13.7. The maximum atomic E-state index is 12.1. The zero-order valence-electron chi connectivity index (χ0n) is 12.9. The molecule has 0 unspecified atom stereocenters. The Bertz CT molecular complexity index is 646. The second-order valence-electron chi connectivity index (χ2n) is 4.86. The highest BCUT2D eigenvalue weighted by atomic mass is 35.5. The lowest BCUT2D eigenvalue weighted by molar-refractivity contribution is 0.0284. The molecule has 1 aliphatic carbocycles. The number of aromatic nitrogens is 2. The van der Waals surface area contributed by atoms with Crippen molar-refractivity contribution < 1.29 is 9.53 Å². The lowest BCUT2D eigenvalue weighted by Gasteiger charge is -2.12. The van der Waals surface area contributed by atoms with Crippen LogP contribution in [0.2, 0.25) is 5.15 Å². The van der Waals surface area contributed by atoms with Crippen LogP contribution in [0.15, 0.2) is 36.7 Å². The van der Waals surface area contributed by atoms with Gasteiger partial charge in [-0.1, -0.05) is 50.6 Å². The Labute approximate surface area is 135 Å². The van der Waals surface area contributed by atoms with Gasteiger partial charge in [0.15, 0.2) is 0 Å². The van der Waals surface area contributed by atoms with E-state index < -0.39 is 0 Å². The smallest absolute Gasteiger partial charge is 0.338 e. The van der Waals surface area contributed by atoms with Gasteiger partial charge in [0.05, 0.1) is 11.3 Å². The van der Waals surface area contributed by atoms with Crippen LogP contribution >= 0.6 is 11.6 Å². The van der Waals surface area contributed by atoms with Gasteiger partial charge in [0.25, 0.3) is 0 Å². The van der Waals surface area contributed by atoms with Crippen LogP contribution in [-0.2, 0) is 4.74 Å². The molecule has 0 saturated heterocycles. The van der Waals surface area contributed by atoms with E-state index in [-0.39, 0.29) is 18.0 Å². The predicted octanol–water partition coefficient (Wildman–Crippen LogP) is 4.56. The number of halogens is 1. The molecule has 2 atom stereocenters. The van der Waals surface area contributed by atoms with Gasteiger partial charge in [-0.25, -0.2) is 14.8 Å². The van der Waals surface area contributed by atoms with Crippen molar-refractivity contribution in [3.63, 3.8) is 0 Å². The fourth-order valence-corrected chi connectivity index (χ4v) is 2.85. The summed E-state index contributed by atoms with van der Waals surface area (Å²) >= 11 is 6.09. The molecular formula is C17H19ClN2O2. The average molecular weight is 319 g/mol. The molecule has 2 aromatic rings. The molecule has 0 saturated carbocycles. The first-order valence-corrected chi connectivity index (χ1v) is 7.81. The number of hydrogen-bond donors (Lipinski definition) is 0. The monoisotopic (exact) mass is 318 g/mol. The van der Waals surface area contributed by atoms with Crippen molar-refractivity contribution in [2.75, 3.05) is 0 Å². The molecule has 1 aliphatic rings. The quantitative estimate of drug-likeness (QED) is 0.601. The van der Waals surface area contributed by atoms with Crippen LogP contribution in [0.3, 0.4) is 0 Å². The Hall–Kier alpha value is -1.94. The minimum Gasteiger partial charge on any atom is -0.452 e. The molecule has 1 aromatic heterocycles. The van der Waals surface area contributed by atoms with Gasteiger partial charge in [0.2, 0.25) is 0 Å². The van der Waals surface area contributed by atoms with Gasteiger partial charge in [-0.3, -0.25) is 0 Å². The number of rotatable bonds is 2. The third-order valence-electron chi connectivity index (χ3n) is 3.49. The van der Waals surface area contributed by atoms with E-state index in [1.165, 1.54) is 6.33 Å². The van der Waals surface area contributed by atoms with Crippen LogP contribution in [-0.4, -0.2) is 15.9 Å². The Morgan fingerprint density at radius 2 is 1.91 bits per heavy atom. The van der Waals surface area contributed by atoms with Crippen molar-refractivity contribution in [3.05, 3.63) is 58.6 Å². The van der Waals surface area contributed by atoms with Gasteiger partial charge < -0.3 is 4.74 Å². The summed E-state index contributed by atoms with van der Waals surface area (Å²) in [4.78, 5) is 20.3. The van der Waals surface area contributed by atoms with E-state index in [1.807, 2.05) is 26.8 Å². The van der Waals surface area contributed by atoms with Crippen LogP contribution in [0.25, 0.3) is 0 Å². The summed E-state index contributed by atoms with van der Waals surface area (Å²) in [7, 11) is 0. The summed E-state index contributed by atoms with van der Waals surface area (Å²) in [6.07, 6.45) is 1.74. The van der Waals surface area contributed by atoms with E-state index in [0.717, 1.165) is 11.3 Å². The highest BCUT2D eigenvalue weighted by Crippen LogP contribution is 2.43. The van der Waals surface area contributed by atoms with Crippen LogP contribution in [0.5, 0.6) is 0 Å². The largest absolute Gasteiger partial charge is 0.452 e. The number of carbonyl (C=O) groups is 1. The van der Waals surface area contributed by atoms with E-state index in [1.54, 1.807) is 24.3 Å². The molecule has 3 rings (SSSR count). The second kappa shape index (κ2) is 7.36. The Kier molecular flexibility index (Phi) is 5.50. The molecule has 0 bridgehead atoms. The number of nitrogens with zero attached hydrogens (tertiary/aromatic N) is 2. The summed E-state index contributed by atoms with van der Waals surface area (Å²) in [6, 6.07) is 8.93. The standard InChI is InChI=1S/C15H13ClN2O2.C2H6/c1-9-7-11(13-12(9)14(16)18-8-17-13)20-15(19)10-5-3-2-4-6-10;1-2/h2-6,8-9,11H,7H2,1H3;1-2H3/t9-,11-;/m1./s1. The van der Waals surface area contributed by atoms with Crippen molar-refractivity contribution in [2.24, 2.45) is 0 Å². The summed E-state index contributed by atoms with van der Waals surface area (Å²) in [5.41, 5.74) is 2.15. The van der Waals surface area contributed by atoms with Gasteiger partial charge >= 0.3 is 5.97 Å². The van der Waals surface area contributed by atoms with E-state index in [2.05, 4.69) is 9.97 Å². The summed E-state index contributed by atoms with van der Waals surface area (Å²) < 4.78 is 5.56. The third-order valence-corrected chi connectivity index (χ3v) is 3.79. The Balaban J connectivity index is 0.000000847. The van der Waals surface area contributed by atoms with Crippen molar-refractivity contribution in [2.45, 2.75) is 39.2 Å². The fourth-order valence-electron chi connectivity index (χ4n) is 2.52. The molecule has 0 aliphatic heterocycles. The van der Waals surface area contributed by atoms with Crippen LogP contribution in [0, 0.1) is 0 Å². The summed E-state index contributed by atoms with van der Waals surface area (Å²) in [6.45, 7) is 6.03. The molecule has 5 heteroatoms. The number of hydrogen-bond acceptors (Lipinski definition) is 4. The summed E-state index contributed by atoms with van der Waals surface area (Å²) in [5, 5.41) is 0.445. The van der Waals surface area contributed by atoms with Crippen LogP contribution in [0.1, 0.15) is 60.8 Å². The van der Waals surface area contributed by atoms with Gasteiger partial charge in [-0.2, -0.15) is 0 Å². The Morgan fingerprint density at radius 1 is 1.23 bits per heavy atom. The average Bonchev–Trinajstić information content (AvgIpc) is 2.87. The maximum Gasteiger partial charge on any atom is 0.338 e. The molecule has 4 nitrogen and oxygen atoms in total. The highest BCUT2D eigenvalue weighted by molar-refractivity contribution is 6.30. The lowest BCUT2D eigenvalue weighted by Crippen LogP contribution is -2.10. The molecule has 1 aromatic carbocycles. The fraction of sp³-hybridized carbons (Fsp3) is 0.353. The predicted molar refractivity (Wildman–Crippen MR) is 86.0 cm³/mol. The van der Waals surface area contributed by atoms with Gasteiger partial charge in [-0.15, -0.1) is 0 Å². The maximum absolute atomic E-state index is 12.1. The number of benzene rings is 1. The molecular weight excluding hydrogens is 300 g/mol. The number of fused-ring (bicyclic) bond motifs is 1. The van der Waals surface area contributed by atoms with Crippen LogP contribution < -0.4 is 0 Å². The first kappa shape index (κ1) is 16.4. The van der Waals surface area contributed by atoms with Gasteiger partial charge in [0, 0.05) is 5.56 Å². The van der Waals surface area contributed by atoms with Crippen molar-refractivity contribution in [1.29, 1.82) is 0 Å². The van der Waals surface area contributed by atoms with E-state index >= 15 is 0 Å². The normalized spacial score (nSPS) is 18.9. The van der Waals surface area contributed by atoms with Gasteiger partial charge in [0.1, 0.15) is 17.6 Å². The lowest BCUT2D eigenvalue weighted by atomic mass is 10.1. The summed E-state index contributed by atoms with van der Waals surface area (Å²) in [5.74, 6) is -0.155. The number of ether oxygens (including phenoxy) is 1. The molecule has 1 heterocycles. The molecule has 0 spiro atoms. The first-order chi connectivity index (χ1) is 10.7. The minimum atomic E-state index is -0.354.